The van der Waals surface area contributed by atoms with Gasteiger partial charge in [-0.2, -0.15) is 0 Å². The number of esters is 1. The molecule has 0 aromatic heterocycles. The van der Waals surface area contributed by atoms with E-state index >= 15 is 0 Å². The molecule has 1 atom stereocenters. The van der Waals surface area contributed by atoms with E-state index in [1.165, 1.54) is 25.1 Å². The van der Waals surface area contributed by atoms with Crippen LogP contribution in [-0.4, -0.2) is 53.5 Å². The van der Waals surface area contributed by atoms with Crippen LogP contribution < -0.4 is 14.8 Å². The van der Waals surface area contributed by atoms with Crippen molar-refractivity contribution in [3.8, 4) is 17.2 Å². The maximum absolute atomic E-state index is 12.7. The van der Waals surface area contributed by atoms with Gasteiger partial charge in [0.15, 0.2) is 6.10 Å². The van der Waals surface area contributed by atoms with Crippen molar-refractivity contribution in [1.82, 2.24) is 10.2 Å². The zero-order valence-corrected chi connectivity index (χ0v) is 18.2. The fourth-order valence-electron chi connectivity index (χ4n) is 3.60. The maximum Gasteiger partial charge on any atom is 0.308 e. The number of rotatable bonds is 7. The van der Waals surface area contributed by atoms with Crippen LogP contribution in [0.1, 0.15) is 37.0 Å². The van der Waals surface area contributed by atoms with E-state index in [-0.39, 0.29) is 23.5 Å². The molecule has 0 bridgehead atoms. The first kappa shape index (κ1) is 23.1. The zero-order chi connectivity index (χ0) is 23.1. The van der Waals surface area contributed by atoms with Gasteiger partial charge in [0.25, 0.3) is 11.8 Å². The summed E-state index contributed by atoms with van der Waals surface area (Å²) in [5.41, 5.74) is 0.427. The van der Waals surface area contributed by atoms with Crippen molar-refractivity contribution < 1.29 is 29.0 Å². The number of ether oxygens (including phenoxy) is 2. The third kappa shape index (κ3) is 6.47. The lowest BCUT2D eigenvalue weighted by atomic mass is 9.96. The van der Waals surface area contributed by atoms with Crippen LogP contribution in [-0.2, 0) is 9.59 Å². The predicted octanol–water partition coefficient (Wildman–Crippen LogP) is 2.75. The van der Waals surface area contributed by atoms with Gasteiger partial charge >= 0.3 is 5.97 Å². The number of carbonyl (C=O) groups is 3. The molecule has 0 aliphatic carbocycles. The van der Waals surface area contributed by atoms with Crippen LogP contribution in [0.15, 0.2) is 48.5 Å². The Kier molecular flexibility index (Phi) is 7.70. The Labute approximate surface area is 187 Å². The normalized spacial score (nSPS) is 15.0. The average Bonchev–Trinajstić information content (AvgIpc) is 2.78. The molecular formula is C24H28N2O6. The minimum absolute atomic E-state index is 0.0807. The molecule has 2 amide bonds. The fourth-order valence-corrected chi connectivity index (χ4v) is 3.60. The average molecular weight is 440 g/mol. The molecule has 3 rings (SSSR count). The van der Waals surface area contributed by atoms with Crippen LogP contribution in [0, 0.1) is 5.92 Å². The smallest absolute Gasteiger partial charge is 0.308 e. The summed E-state index contributed by atoms with van der Waals surface area (Å²) in [4.78, 5) is 38.0. The molecule has 1 saturated heterocycles. The zero-order valence-electron chi connectivity index (χ0n) is 18.2. The second-order valence-corrected chi connectivity index (χ2v) is 7.85. The predicted molar refractivity (Wildman–Crippen MR) is 118 cm³/mol. The van der Waals surface area contributed by atoms with Crippen molar-refractivity contribution in [3.05, 3.63) is 54.1 Å². The van der Waals surface area contributed by atoms with Gasteiger partial charge in [0.05, 0.1) is 0 Å². The van der Waals surface area contributed by atoms with Crippen LogP contribution in [0.4, 0.5) is 0 Å². The number of nitrogens with zero attached hydrogens (tertiary/aromatic N) is 1. The van der Waals surface area contributed by atoms with Gasteiger partial charge in [0, 0.05) is 32.1 Å². The standard InChI is InChI=1S/C24H28N2O6/c1-16(31-21-8-6-20(28)7-9-21)24(30)26-12-10-18(11-13-26)15-25-23(29)19-4-3-5-22(14-19)32-17(2)27/h3-9,14,16,18,28H,10-13,15H2,1-2H3,(H,25,29). The molecule has 2 aromatic carbocycles. The first-order valence-electron chi connectivity index (χ1n) is 10.6. The molecule has 1 aliphatic rings. The number of nitrogens with one attached hydrogen (secondary N) is 1. The Balaban J connectivity index is 1.43. The number of likely N-dealkylation sites (tertiary alicyclic amines) is 1. The summed E-state index contributed by atoms with van der Waals surface area (Å²) < 4.78 is 10.7. The molecule has 0 spiro atoms. The lowest BCUT2D eigenvalue weighted by Gasteiger charge is -2.33. The van der Waals surface area contributed by atoms with E-state index in [0.717, 1.165) is 12.8 Å². The van der Waals surface area contributed by atoms with Crippen molar-refractivity contribution in [2.24, 2.45) is 5.92 Å². The Morgan fingerprint density at radius 1 is 1.09 bits per heavy atom. The maximum atomic E-state index is 12.7. The van der Waals surface area contributed by atoms with Crippen molar-refractivity contribution in [2.45, 2.75) is 32.8 Å². The number of phenols is 1. The van der Waals surface area contributed by atoms with Gasteiger partial charge in [-0.1, -0.05) is 6.07 Å². The van der Waals surface area contributed by atoms with Gasteiger partial charge < -0.3 is 24.8 Å². The first-order chi connectivity index (χ1) is 15.3. The SMILES string of the molecule is CC(=O)Oc1cccc(C(=O)NCC2CCN(C(=O)C(C)Oc3ccc(O)cc3)CC2)c1. The highest BCUT2D eigenvalue weighted by molar-refractivity contribution is 5.94. The van der Waals surface area contributed by atoms with Gasteiger partial charge in [-0.25, -0.2) is 0 Å². The van der Waals surface area contributed by atoms with E-state index in [1.54, 1.807) is 42.2 Å². The number of piperidine rings is 1. The van der Waals surface area contributed by atoms with E-state index in [0.29, 0.717) is 36.7 Å². The third-order valence-corrected chi connectivity index (χ3v) is 5.33. The van der Waals surface area contributed by atoms with Crippen molar-refractivity contribution in [2.75, 3.05) is 19.6 Å². The second kappa shape index (κ2) is 10.7. The molecule has 0 saturated carbocycles. The molecule has 0 radical (unpaired) electrons. The quantitative estimate of drug-likeness (QED) is 0.507. The Morgan fingerprint density at radius 3 is 2.44 bits per heavy atom. The number of hydrogen-bond acceptors (Lipinski definition) is 6. The lowest BCUT2D eigenvalue weighted by molar-refractivity contribution is -0.139. The highest BCUT2D eigenvalue weighted by Crippen LogP contribution is 2.21. The molecule has 2 N–H and O–H groups in total. The van der Waals surface area contributed by atoms with Crippen LogP contribution in [0.5, 0.6) is 17.2 Å². The Hall–Kier alpha value is -3.55. The first-order valence-corrected chi connectivity index (χ1v) is 10.6. The minimum Gasteiger partial charge on any atom is -0.508 e. The minimum atomic E-state index is -0.625. The van der Waals surface area contributed by atoms with Crippen LogP contribution in [0.2, 0.25) is 0 Å². The fraction of sp³-hybridized carbons (Fsp3) is 0.375. The summed E-state index contributed by atoms with van der Waals surface area (Å²) >= 11 is 0. The van der Waals surface area contributed by atoms with E-state index in [2.05, 4.69) is 5.32 Å². The van der Waals surface area contributed by atoms with Crippen LogP contribution in [0.25, 0.3) is 0 Å². The third-order valence-electron chi connectivity index (χ3n) is 5.33. The summed E-state index contributed by atoms with van der Waals surface area (Å²) in [6, 6.07) is 12.8. The van der Waals surface area contributed by atoms with Crippen molar-refractivity contribution >= 4 is 17.8 Å². The lowest BCUT2D eigenvalue weighted by Crippen LogP contribution is -2.46. The molecule has 2 aromatic rings. The number of benzene rings is 2. The highest BCUT2D eigenvalue weighted by Gasteiger charge is 2.27. The molecule has 32 heavy (non-hydrogen) atoms. The van der Waals surface area contributed by atoms with Crippen molar-refractivity contribution in [3.63, 3.8) is 0 Å². The van der Waals surface area contributed by atoms with Crippen LogP contribution in [0.3, 0.4) is 0 Å². The molecule has 8 nitrogen and oxygen atoms in total. The second-order valence-electron chi connectivity index (χ2n) is 7.85. The molecule has 1 heterocycles. The van der Waals surface area contributed by atoms with E-state index in [9.17, 15) is 19.5 Å². The summed E-state index contributed by atoms with van der Waals surface area (Å²) in [6.07, 6.45) is 0.942. The number of phenolic OH excluding ortho intramolecular Hbond substituents is 1. The molecule has 170 valence electrons. The summed E-state index contributed by atoms with van der Waals surface area (Å²) in [7, 11) is 0. The number of carbonyl (C=O) groups excluding carboxylic acids is 3. The number of aromatic hydroxyl groups is 1. The van der Waals surface area contributed by atoms with Gasteiger partial charge in [-0.05, 0) is 68.1 Å². The van der Waals surface area contributed by atoms with E-state index < -0.39 is 12.1 Å². The van der Waals surface area contributed by atoms with Crippen LogP contribution >= 0.6 is 0 Å². The van der Waals surface area contributed by atoms with E-state index in [1.807, 2.05) is 0 Å². The van der Waals surface area contributed by atoms with Gasteiger partial charge in [-0.15, -0.1) is 0 Å². The summed E-state index contributed by atoms with van der Waals surface area (Å²) in [6.45, 7) is 4.74. The molecule has 8 heteroatoms. The summed E-state index contributed by atoms with van der Waals surface area (Å²) in [5.74, 6) is 0.526. The highest BCUT2D eigenvalue weighted by atomic mass is 16.5. The molecule has 1 fully saturated rings. The number of amides is 2. The largest absolute Gasteiger partial charge is 0.508 e. The van der Waals surface area contributed by atoms with Gasteiger partial charge in [0.1, 0.15) is 17.2 Å². The molecule has 1 aliphatic heterocycles. The monoisotopic (exact) mass is 440 g/mol. The topological polar surface area (TPSA) is 105 Å². The summed E-state index contributed by atoms with van der Waals surface area (Å²) in [5, 5.41) is 12.3. The molecule has 1 unspecified atom stereocenters. The Morgan fingerprint density at radius 2 is 1.78 bits per heavy atom. The van der Waals surface area contributed by atoms with Crippen molar-refractivity contribution in [1.29, 1.82) is 0 Å². The Bertz CT molecular complexity index is 951. The van der Waals surface area contributed by atoms with Gasteiger partial charge in [0.2, 0.25) is 0 Å². The van der Waals surface area contributed by atoms with E-state index in [4.69, 9.17) is 9.47 Å². The number of hydrogen-bond donors (Lipinski definition) is 2. The van der Waals surface area contributed by atoms with Gasteiger partial charge in [-0.3, -0.25) is 14.4 Å². The molecular weight excluding hydrogens is 412 g/mol.